The predicted octanol–water partition coefficient (Wildman–Crippen LogP) is 2.00. The first kappa shape index (κ1) is 14.2. The summed E-state index contributed by atoms with van der Waals surface area (Å²) in [6.45, 7) is 3.79. The van der Waals surface area contributed by atoms with Gasteiger partial charge >= 0.3 is 5.97 Å². The molecule has 1 amide bonds. The predicted molar refractivity (Wildman–Crippen MR) is 83.9 cm³/mol. The second-order valence-electron chi connectivity index (χ2n) is 6.22. The molecule has 3 aliphatic heterocycles. The van der Waals surface area contributed by atoms with Crippen LogP contribution in [0.4, 0.5) is 5.69 Å². The lowest BCUT2D eigenvalue weighted by atomic mass is 9.74. The summed E-state index contributed by atoms with van der Waals surface area (Å²) in [6.07, 6.45) is 5.44. The molecule has 0 unspecified atom stereocenters. The number of benzene rings is 1. The molecular formula is C18H17NO4. The van der Waals surface area contributed by atoms with Crippen LogP contribution in [0.25, 0.3) is 0 Å². The highest BCUT2D eigenvalue weighted by molar-refractivity contribution is 6.03. The maximum Gasteiger partial charge on any atom is 0.310 e. The normalized spacial score (nSPS) is 37.2. The number of hydrogen-bond acceptors (Lipinski definition) is 3. The van der Waals surface area contributed by atoms with Gasteiger partial charge in [-0.2, -0.15) is 0 Å². The van der Waals surface area contributed by atoms with Crippen molar-refractivity contribution in [1.82, 2.24) is 0 Å². The molecule has 3 heterocycles. The van der Waals surface area contributed by atoms with E-state index in [1.807, 2.05) is 36.4 Å². The summed E-state index contributed by atoms with van der Waals surface area (Å²) in [4.78, 5) is 26.5. The first-order valence-corrected chi connectivity index (χ1v) is 7.69. The lowest BCUT2D eigenvalue weighted by Crippen LogP contribution is -2.45. The van der Waals surface area contributed by atoms with Gasteiger partial charge < -0.3 is 14.7 Å². The topological polar surface area (TPSA) is 66.8 Å². The molecule has 118 valence electrons. The third-order valence-electron chi connectivity index (χ3n) is 5.13. The number of carboxylic acids is 1. The van der Waals surface area contributed by atoms with E-state index in [1.165, 1.54) is 0 Å². The minimum Gasteiger partial charge on any atom is -0.481 e. The molecule has 2 fully saturated rings. The van der Waals surface area contributed by atoms with Crippen molar-refractivity contribution in [2.24, 2.45) is 11.8 Å². The number of nitrogens with zero attached hydrogens (tertiary/aromatic N) is 1. The molecule has 0 saturated carbocycles. The molecule has 23 heavy (non-hydrogen) atoms. The Bertz CT molecular complexity index is 713. The molecular weight excluding hydrogens is 294 g/mol. The van der Waals surface area contributed by atoms with Crippen LogP contribution in [0.5, 0.6) is 0 Å². The van der Waals surface area contributed by atoms with Gasteiger partial charge in [0, 0.05) is 5.69 Å². The van der Waals surface area contributed by atoms with E-state index in [4.69, 9.17) is 4.74 Å². The fourth-order valence-electron chi connectivity index (χ4n) is 4.27. The van der Waals surface area contributed by atoms with E-state index in [-0.39, 0.29) is 11.9 Å². The molecule has 1 spiro atoms. The molecule has 1 aromatic rings. The van der Waals surface area contributed by atoms with Crippen molar-refractivity contribution < 1.29 is 19.4 Å². The number of ether oxygens (including phenoxy) is 1. The Hall–Kier alpha value is -2.40. The second kappa shape index (κ2) is 4.80. The number of para-hydroxylation sites is 1. The average Bonchev–Trinajstić information content (AvgIpc) is 3.18. The Balaban J connectivity index is 1.85. The third-order valence-corrected chi connectivity index (χ3v) is 5.13. The van der Waals surface area contributed by atoms with Crippen LogP contribution >= 0.6 is 0 Å². The van der Waals surface area contributed by atoms with Crippen LogP contribution in [0, 0.1) is 11.8 Å². The van der Waals surface area contributed by atoms with Crippen molar-refractivity contribution in [2.75, 3.05) is 4.90 Å². The van der Waals surface area contributed by atoms with Gasteiger partial charge in [0.25, 0.3) is 0 Å². The fraction of sp³-hybridized carbons (Fsp3) is 0.333. The van der Waals surface area contributed by atoms with Crippen LogP contribution in [0.15, 0.2) is 55.1 Å². The van der Waals surface area contributed by atoms with E-state index in [9.17, 15) is 14.7 Å². The standard InChI is InChI=1S/C18H17NO4/c1-2-6-13-18-10-9-12(23-18)14(17(21)22)15(18)16(20)19(13)11-7-4-3-5-8-11/h2-5,7-10,12-15H,1,6H2,(H,21,22)/t12-,13+,14+,15+,18-/m0/s1. The lowest BCUT2D eigenvalue weighted by Gasteiger charge is -2.32. The summed E-state index contributed by atoms with van der Waals surface area (Å²) in [7, 11) is 0. The van der Waals surface area contributed by atoms with Crippen LogP contribution in [0.1, 0.15) is 6.42 Å². The summed E-state index contributed by atoms with van der Waals surface area (Å²) >= 11 is 0. The summed E-state index contributed by atoms with van der Waals surface area (Å²) in [6, 6.07) is 9.05. The van der Waals surface area contributed by atoms with Crippen LogP contribution in [-0.4, -0.2) is 34.7 Å². The average molecular weight is 311 g/mol. The van der Waals surface area contributed by atoms with Gasteiger partial charge in [-0.1, -0.05) is 36.4 Å². The van der Waals surface area contributed by atoms with Crippen molar-refractivity contribution in [3.8, 4) is 0 Å². The molecule has 0 aromatic heterocycles. The minimum atomic E-state index is -0.980. The molecule has 4 rings (SSSR count). The van der Waals surface area contributed by atoms with Crippen molar-refractivity contribution in [2.45, 2.75) is 24.2 Å². The third kappa shape index (κ3) is 1.71. The molecule has 5 atom stereocenters. The highest BCUT2D eigenvalue weighted by Gasteiger charge is 2.71. The van der Waals surface area contributed by atoms with Crippen LogP contribution < -0.4 is 4.90 Å². The number of rotatable bonds is 4. The SMILES string of the molecule is C=CC[C@H]1N(c2ccccc2)C(=O)[C@H]2[C@H](C(=O)O)[C@@H]3C=C[C@@]21O3. The van der Waals surface area contributed by atoms with Gasteiger partial charge in [-0.15, -0.1) is 6.58 Å². The van der Waals surface area contributed by atoms with Crippen molar-refractivity contribution >= 4 is 17.6 Å². The van der Waals surface area contributed by atoms with E-state index in [0.717, 1.165) is 5.69 Å². The first-order valence-electron chi connectivity index (χ1n) is 7.69. The Labute approximate surface area is 133 Å². The number of hydrogen-bond donors (Lipinski definition) is 1. The van der Waals surface area contributed by atoms with Gasteiger partial charge in [0.15, 0.2) is 0 Å². The number of amides is 1. The Morgan fingerprint density at radius 1 is 1.39 bits per heavy atom. The van der Waals surface area contributed by atoms with Gasteiger partial charge in [-0.3, -0.25) is 9.59 Å². The molecule has 1 N–H and O–H groups in total. The first-order chi connectivity index (χ1) is 11.1. The molecule has 2 bridgehead atoms. The molecule has 5 heteroatoms. The Kier molecular flexibility index (Phi) is 2.96. The van der Waals surface area contributed by atoms with Gasteiger partial charge in [-0.25, -0.2) is 0 Å². The minimum absolute atomic E-state index is 0.178. The number of fused-ring (bicyclic) bond motifs is 1. The van der Waals surface area contributed by atoms with E-state index in [0.29, 0.717) is 6.42 Å². The molecule has 0 radical (unpaired) electrons. The summed E-state index contributed by atoms with van der Waals surface area (Å²) < 4.78 is 6.04. The monoisotopic (exact) mass is 311 g/mol. The lowest BCUT2D eigenvalue weighted by molar-refractivity contribution is -0.146. The quantitative estimate of drug-likeness (QED) is 0.864. The number of anilines is 1. The van der Waals surface area contributed by atoms with E-state index in [1.54, 1.807) is 17.1 Å². The highest BCUT2D eigenvalue weighted by atomic mass is 16.5. The smallest absolute Gasteiger partial charge is 0.310 e. The van der Waals surface area contributed by atoms with Crippen LogP contribution in [0.2, 0.25) is 0 Å². The van der Waals surface area contributed by atoms with E-state index >= 15 is 0 Å². The Morgan fingerprint density at radius 3 is 2.78 bits per heavy atom. The number of aliphatic carboxylic acids is 1. The second-order valence-corrected chi connectivity index (χ2v) is 6.22. The van der Waals surface area contributed by atoms with Crippen LogP contribution in [0.3, 0.4) is 0 Å². The Morgan fingerprint density at radius 2 is 2.13 bits per heavy atom. The van der Waals surface area contributed by atoms with Gasteiger partial charge in [0.2, 0.25) is 5.91 Å². The van der Waals surface area contributed by atoms with Gasteiger partial charge in [0.1, 0.15) is 11.5 Å². The maximum absolute atomic E-state index is 13.1. The van der Waals surface area contributed by atoms with Crippen molar-refractivity contribution in [3.05, 3.63) is 55.1 Å². The molecule has 0 aliphatic carbocycles. The maximum atomic E-state index is 13.1. The zero-order valence-corrected chi connectivity index (χ0v) is 12.5. The van der Waals surface area contributed by atoms with Crippen molar-refractivity contribution in [1.29, 1.82) is 0 Å². The number of carboxylic acid groups (broad SMARTS) is 1. The molecule has 2 saturated heterocycles. The largest absolute Gasteiger partial charge is 0.481 e. The summed E-state index contributed by atoms with van der Waals surface area (Å²) in [5, 5.41) is 9.57. The highest BCUT2D eigenvalue weighted by Crippen LogP contribution is 2.56. The van der Waals surface area contributed by atoms with E-state index in [2.05, 4.69) is 6.58 Å². The molecule has 3 aliphatic rings. The zero-order valence-electron chi connectivity index (χ0n) is 12.5. The number of carbonyl (C=O) groups is 2. The number of carbonyl (C=O) groups excluding carboxylic acids is 1. The zero-order chi connectivity index (χ0) is 16.2. The van der Waals surface area contributed by atoms with Crippen LogP contribution in [-0.2, 0) is 14.3 Å². The van der Waals surface area contributed by atoms with E-state index < -0.39 is 29.5 Å². The van der Waals surface area contributed by atoms with Crippen molar-refractivity contribution in [3.63, 3.8) is 0 Å². The van der Waals surface area contributed by atoms with Gasteiger partial charge in [0.05, 0.1) is 18.1 Å². The fourth-order valence-corrected chi connectivity index (χ4v) is 4.27. The van der Waals surface area contributed by atoms with Gasteiger partial charge in [-0.05, 0) is 18.6 Å². The molecule has 5 nitrogen and oxygen atoms in total. The molecule has 1 aromatic carbocycles. The summed E-state index contributed by atoms with van der Waals surface area (Å²) in [5.74, 6) is -2.66. The summed E-state index contributed by atoms with van der Waals surface area (Å²) in [5.41, 5.74) is -0.104.